The normalized spacial score (nSPS) is 10.8. The van der Waals surface area contributed by atoms with Gasteiger partial charge < -0.3 is 9.84 Å². The van der Waals surface area contributed by atoms with Gasteiger partial charge >= 0.3 is 0 Å². The maximum absolute atomic E-state index is 9.41. The number of rotatable bonds is 7. The van der Waals surface area contributed by atoms with E-state index in [9.17, 15) is 5.11 Å². The van der Waals surface area contributed by atoms with Crippen molar-refractivity contribution in [2.24, 2.45) is 0 Å². The molecule has 0 radical (unpaired) electrons. The zero-order chi connectivity index (χ0) is 19.2. The second-order valence-corrected chi connectivity index (χ2v) is 6.95. The molecule has 0 saturated carbocycles. The van der Waals surface area contributed by atoms with E-state index in [1.807, 2.05) is 6.07 Å². The summed E-state index contributed by atoms with van der Waals surface area (Å²) < 4.78 is 6.03. The summed E-state index contributed by atoms with van der Waals surface area (Å²) in [5, 5.41) is 9.41. The molecule has 0 saturated heterocycles. The Balaban J connectivity index is 1.85. The van der Waals surface area contributed by atoms with Crippen LogP contribution in [0.5, 0.6) is 5.75 Å². The van der Waals surface area contributed by atoms with Gasteiger partial charge in [-0.25, -0.2) is 0 Å². The maximum Gasteiger partial charge on any atom is 0.120 e. The fourth-order valence-electron chi connectivity index (χ4n) is 3.37. The second-order valence-electron chi connectivity index (χ2n) is 6.95. The molecule has 140 valence electrons. The van der Waals surface area contributed by atoms with Crippen molar-refractivity contribution in [1.82, 2.24) is 0 Å². The molecule has 2 nitrogen and oxygen atoms in total. The molecule has 0 heterocycles. The number of hydrogen-bond acceptors (Lipinski definition) is 2. The van der Waals surface area contributed by atoms with Crippen LogP contribution in [0.1, 0.15) is 41.7 Å². The fourth-order valence-corrected chi connectivity index (χ4v) is 3.37. The third kappa shape index (κ3) is 4.58. The second kappa shape index (κ2) is 8.88. The molecule has 3 aromatic carbocycles. The molecular formula is C25H28O2. The number of aryl methyl sites for hydroxylation is 3. The highest BCUT2D eigenvalue weighted by atomic mass is 16.5. The van der Waals surface area contributed by atoms with Crippen molar-refractivity contribution >= 4 is 0 Å². The Morgan fingerprint density at radius 1 is 0.741 bits per heavy atom. The fraction of sp³-hybridized carbons (Fsp3) is 0.280. The van der Waals surface area contributed by atoms with Gasteiger partial charge in [-0.3, -0.25) is 0 Å². The van der Waals surface area contributed by atoms with Gasteiger partial charge in [0, 0.05) is 0 Å². The average molecular weight is 360 g/mol. The molecule has 27 heavy (non-hydrogen) atoms. The smallest absolute Gasteiger partial charge is 0.120 e. The highest BCUT2D eigenvalue weighted by Gasteiger charge is 2.10. The highest BCUT2D eigenvalue weighted by Crippen LogP contribution is 2.31. The standard InChI is InChI=1S/C25H28O2/c1-4-21-14-20(16-26)10-12-24(21)25-13-11-23(15-22(25)5-2)27-17-19-8-6-18(3)7-9-19/h6-15,26H,4-5,16-17H2,1-3H3. The van der Waals surface area contributed by atoms with Crippen LogP contribution in [0.4, 0.5) is 0 Å². The molecule has 0 spiro atoms. The van der Waals surface area contributed by atoms with Crippen molar-refractivity contribution in [3.63, 3.8) is 0 Å². The van der Waals surface area contributed by atoms with Crippen LogP contribution in [-0.2, 0) is 26.1 Å². The van der Waals surface area contributed by atoms with E-state index in [-0.39, 0.29) is 6.61 Å². The van der Waals surface area contributed by atoms with Gasteiger partial charge in [0.1, 0.15) is 12.4 Å². The highest BCUT2D eigenvalue weighted by molar-refractivity contribution is 5.72. The topological polar surface area (TPSA) is 29.5 Å². The molecule has 0 aliphatic carbocycles. The van der Waals surface area contributed by atoms with Crippen LogP contribution in [0.25, 0.3) is 11.1 Å². The first-order valence-corrected chi connectivity index (χ1v) is 9.68. The number of ether oxygens (including phenoxy) is 1. The molecule has 2 heteroatoms. The van der Waals surface area contributed by atoms with Crippen molar-refractivity contribution < 1.29 is 9.84 Å². The third-order valence-corrected chi connectivity index (χ3v) is 5.01. The lowest BCUT2D eigenvalue weighted by Crippen LogP contribution is -1.98. The summed E-state index contributed by atoms with van der Waals surface area (Å²) in [4.78, 5) is 0. The Morgan fingerprint density at radius 3 is 1.96 bits per heavy atom. The van der Waals surface area contributed by atoms with Crippen LogP contribution in [-0.4, -0.2) is 5.11 Å². The zero-order valence-corrected chi connectivity index (χ0v) is 16.5. The van der Waals surface area contributed by atoms with Gasteiger partial charge in [-0.2, -0.15) is 0 Å². The van der Waals surface area contributed by atoms with E-state index >= 15 is 0 Å². The summed E-state index contributed by atoms with van der Waals surface area (Å²) in [5.74, 6) is 0.904. The van der Waals surface area contributed by atoms with Crippen molar-refractivity contribution in [2.75, 3.05) is 0 Å². The first kappa shape index (κ1) is 19.2. The van der Waals surface area contributed by atoms with E-state index in [4.69, 9.17) is 4.74 Å². The van der Waals surface area contributed by atoms with Crippen molar-refractivity contribution in [3.8, 4) is 16.9 Å². The molecule has 0 bridgehead atoms. The minimum Gasteiger partial charge on any atom is -0.489 e. The van der Waals surface area contributed by atoms with Crippen molar-refractivity contribution in [1.29, 1.82) is 0 Å². The lowest BCUT2D eigenvalue weighted by atomic mass is 9.92. The van der Waals surface area contributed by atoms with Gasteiger partial charge in [-0.05, 0) is 65.3 Å². The molecule has 0 aromatic heterocycles. The van der Waals surface area contributed by atoms with Gasteiger partial charge in [-0.15, -0.1) is 0 Å². The Labute approximate surface area is 162 Å². The SMILES string of the molecule is CCc1cc(CO)ccc1-c1ccc(OCc2ccc(C)cc2)cc1CC. The summed E-state index contributed by atoms with van der Waals surface area (Å²) in [6, 6.07) is 21.1. The summed E-state index contributed by atoms with van der Waals surface area (Å²) in [6.45, 7) is 7.09. The number of aliphatic hydroxyl groups is 1. The third-order valence-electron chi connectivity index (χ3n) is 5.01. The lowest BCUT2D eigenvalue weighted by Gasteiger charge is -2.15. The Kier molecular flexibility index (Phi) is 6.31. The van der Waals surface area contributed by atoms with Gasteiger partial charge in [0.05, 0.1) is 6.61 Å². The van der Waals surface area contributed by atoms with Crippen LogP contribution < -0.4 is 4.74 Å². The Morgan fingerprint density at radius 2 is 1.33 bits per heavy atom. The molecule has 3 rings (SSSR count). The maximum atomic E-state index is 9.41. The van der Waals surface area contributed by atoms with E-state index in [2.05, 4.69) is 75.4 Å². The van der Waals surface area contributed by atoms with E-state index < -0.39 is 0 Å². The van der Waals surface area contributed by atoms with E-state index in [1.54, 1.807) is 0 Å². The largest absolute Gasteiger partial charge is 0.489 e. The van der Waals surface area contributed by atoms with Crippen LogP contribution in [0, 0.1) is 6.92 Å². The predicted octanol–water partition coefficient (Wildman–Crippen LogP) is 5.86. The monoisotopic (exact) mass is 360 g/mol. The lowest BCUT2D eigenvalue weighted by molar-refractivity contribution is 0.282. The molecule has 0 aliphatic heterocycles. The molecule has 0 aliphatic rings. The molecular weight excluding hydrogens is 332 g/mol. The van der Waals surface area contributed by atoms with Crippen LogP contribution in [0.2, 0.25) is 0 Å². The minimum atomic E-state index is 0.0830. The number of hydrogen-bond donors (Lipinski definition) is 1. The van der Waals surface area contributed by atoms with Gasteiger partial charge in [0.15, 0.2) is 0 Å². The van der Waals surface area contributed by atoms with Crippen LogP contribution >= 0.6 is 0 Å². The van der Waals surface area contributed by atoms with E-state index in [1.165, 1.54) is 33.4 Å². The van der Waals surface area contributed by atoms with Gasteiger partial charge in [-0.1, -0.05) is 67.9 Å². The summed E-state index contributed by atoms with van der Waals surface area (Å²) in [5.41, 5.74) is 8.45. The zero-order valence-electron chi connectivity index (χ0n) is 16.5. The van der Waals surface area contributed by atoms with Crippen LogP contribution in [0.3, 0.4) is 0 Å². The molecule has 0 amide bonds. The summed E-state index contributed by atoms with van der Waals surface area (Å²) in [7, 11) is 0. The molecule has 0 fully saturated rings. The summed E-state index contributed by atoms with van der Waals surface area (Å²) in [6.07, 6.45) is 1.89. The van der Waals surface area contributed by atoms with Gasteiger partial charge in [0.2, 0.25) is 0 Å². The molecule has 1 N–H and O–H groups in total. The molecule has 0 unspecified atom stereocenters. The minimum absolute atomic E-state index is 0.0830. The van der Waals surface area contributed by atoms with E-state index in [0.717, 1.165) is 24.2 Å². The number of aliphatic hydroxyl groups excluding tert-OH is 1. The molecule has 3 aromatic rings. The Bertz CT molecular complexity index is 895. The van der Waals surface area contributed by atoms with Crippen molar-refractivity contribution in [3.05, 3.63) is 88.5 Å². The predicted molar refractivity (Wildman–Crippen MR) is 112 cm³/mol. The first-order chi connectivity index (χ1) is 13.1. The average Bonchev–Trinajstić information content (AvgIpc) is 2.72. The number of benzene rings is 3. The van der Waals surface area contributed by atoms with Gasteiger partial charge in [0.25, 0.3) is 0 Å². The summed E-state index contributed by atoms with van der Waals surface area (Å²) >= 11 is 0. The van der Waals surface area contributed by atoms with Crippen LogP contribution in [0.15, 0.2) is 60.7 Å². The molecule has 0 atom stereocenters. The quantitative estimate of drug-likeness (QED) is 0.572. The first-order valence-electron chi connectivity index (χ1n) is 9.68. The van der Waals surface area contributed by atoms with Crippen molar-refractivity contribution in [2.45, 2.75) is 46.8 Å². The Hall–Kier alpha value is -2.58. The van der Waals surface area contributed by atoms with E-state index in [0.29, 0.717) is 6.61 Å².